The maximum absolute atomic E-state index is 4.87. The summed E-state index contributed by atoms with van der Waals surface area (Å²) < 4.78 is 1.93. The molecule has 0 unspecified atom stereocenters. The van der Waals surface area contributed by atoms with Gasteiger partial charge < -0.3 is 10.2 Å². The Bertz CT molecular complexity index is 1130. The lowest BCUT2D eigenvalue weighted by molar-refractivity contribution is 0.638. The van der Waals surface area contributed by atoms with Crippen molar-refractivity contribution in [3.05, 3.63) is 49.1 Å². The first-order valence-corrected chi connectivity index (χ1v) is 10.3. The third-order valence-electron chi connectivity index (χ3n) is 5.86. The molecule has 3 aromatic heterocycles. The largest absolute Gasteiger partial charge is 0.383 e. The van der Waals surface area contributed by atoms with E-state index in [1.165, 1.54) is 31.1 Å². The molecule has 0 amide bonds. The summed E-state index contributed by atoms with van der Waals surface area (Å²) in [6, 6.07) is 8.92. The van der Waals surface area contributed by atoms with Crippen LogP contribution in [-0.4, -0.2) is 44.4 Å². The van der Waals surface area contributed by atoms with E-state index in [0.29, 0.717) is 6.04 Å². The van der Waals surface area contributed by atoms with Crippen LogP contribution in [0, 0.1) is 0 Å². The maximum atomic E-state index is 4.87. The highest BCUT2D eigenvalue weighted by atomic mass is 15.3. The first-order valence-electron chi connectivity index (χ1n) is 10.3. The lowest BCUT2D eigenvalue weighted by Crippen LogP contribution is -2.29. The van der Waals surface area contributed by atoms with Gasteiger partial charge in [0.15, 0.2) is 5.65 Å². The van der Waals surface area contributed by atoms with Crippen LogP contribution < -0.4 is 10.2 Å². The zero-order valence-electron chi connectivity index (χ0n) is 16.6. The molecule has 0 aliphatic heterocycles. The van der Waals surface area contributed by atoms with Gasteiger partial charge in [-0.1, -0.05) is 18.9 Å². The summed E-state index contributed by atoms with van der Waals surface area (Å²) in [7, 11) is 2.13. The molecule has 1 aromatic carbocycles. The van der Waals surface area contributed by atoms with Gasteiger partial charge in [-0.05, 0) is 36.4 Å². The van der Waals surface area contributed by atoms with Crippen molar-refractivity contribution < 1.29 is 0 Å². The van der Waals surface area contributed by atoms with Crippen LogP contribution in [0.5, 0.6) is 0 Å². The lowest BCUT2D eigenvalue weighted by Gasteiger charge is -2.24. The van der Waals surface area contributed by atoms with Crippen molar-refractivity contribution in [2.75, 3.05) is 23.8 Å². The second kappa shape index (κ2) is 7.66. The van der Waals surface area contributed by atoms with Crippen LogP contribution in [0.1, 0.15) is 25.7 Å². The second-order valence-corrected chi connectivity index (χ2v) is 7.72. The van der Waals surface area contributed by atoms with Gasteiger partial charge in [-0.2, -0.15) is 5.10 Å². The fraction of sp³-hybridized carbons (Fsp3) is 0.364. The number of pyridine rings is 1. The maximum Gasteiger partial charge on any atom is 0.178 e. The Hall–Kier alpha value is -3.22. The van der Waals surface area contributed by atoms with Crippen LogP contribution in [0.25, 0.3) is 21.9 Å². The van der Waals surface area contributed by atoms with Gasteiger partial charge in [0.1, 0.15) is 11.3 Å². The molecule has 148 valence electrons. The van der Waals surface area contributed by atoms with E-state index in [1.54, 1.807) is 6.20 Å². The smallest absolute Gasteiger partial charge is 0.178 e. The Balaban J connectivity index is 1.30. The molecule has 4 aromatic rings. The zero-order valence-corrected chi connectivity index (χ0v) is 16.6. The monoisotopic (exact) mass is 387 g/mol. The Morgan fingerprint density at radius 1 is 1.10 bits per heavy atom. The van der Waals surface area contributed by atoms with E-state index in [4.69, 9.17) is 4.98 Å². The van der Waals surface area contributed by atoms with Crippen molar-refractivity contribution in [1.29, 1.82) is 0 Å². The molecule has 5 rings (SSSR count). The van der Waals surface area contributed by atoms with E-state index < -0.39 is 0 Å². The Kier molecular flexibility index (Phi) is 4.71. The summed E-state index contributed by atoms with van der Waals surface area (Å²) in [4.78, 5) is 15.9. The van der Waals surface area contributed by atoms with E-state index in [9.17, 15) is 0 Å². The number of anilines is 2. The summed E-state index contributed by atoms with van der Waals surface area (Å²) in [5, 5.41) is 10.3. The molecular formula is C22H25N7. The molecule has 0 spiro atoms. The van der Waals surface area contributed by atoms with Gasteiger partial charge in [0.2, 0.25) is 0 Å². The Labute approximate surface area is 169 Å². The molecule has 29 heavy (non-hydrogen) atoms. The quantitative estimate of drug-likeness (QED) is 0.542. The Morgan fingerprint density at radius 3 is 2.90 bits per heavy atom. The normalized spacial score (nSPS) is 14.7. The number of nitrogens with zero attached hydrogens (tertiary/aromatic N) is 6. The molecule has 0 bridgehead atoms. The predicted molar refractivity (Wildman–Crippen MR) is 116 cm³/mol. The summed E-state index contributed by atoms with van der Waals surface area (Å²) in [6.07, 6.45) is 12.5. The molecule has 1 N–H and O–H groups in total. The lowest BCUT2D eigenvalue weighted by atomic mass is 10.1. The van der Waals surface area contributed by atoms with Crippen molar-refractivity contribution in [3.8, 4) is 0 Å². The average molecular weight is 387 g/mol. The molecule has 7 nitrogen and oxygen atoms in total. The number of hydrogen-bond donors (Lipinski definition) is 1. The molecule has 0 atom stereocenters. The summed E-state index contributed by atoms with van der Waals surface area (Å²) in [5.74, 6) is 0.932. The van der Waals surface area contributed by atoms with E-state index in [2.05, 4.69) is 50.5 Å². The number of benzene rings is 1. The number of aromatic nitrogens is 5. The SMILES string of the molecule is CN(c1cnc2cnn(CCNc3ccc4ccncc4c3)c2n1)C1CCCC1. The Morgan fingerprint density at radius 2 is 2.00 bits per heavy atom. The standard InChI is InChI=1S/C22H25N7/c1-28(19-4-2-3-5-19)21-15-25-20-14-26-29(22(20)27-21)11-10-24-18-7-6-16-8-9-23-13-17(16)12-18/h6-9,12-15,19,24H,2-5,10-11H2,1H3. The van der Waals surface area contributed by atoms with Gasteiger partial charge in [-0.25, -0.2) is 14.6 Å². The van der Waals surface area contributed by atoms with E-state index >= 15 is 0 Å². The molecule has 1 saturated carbocycles. The van der Waals surface area contributed by atoms with Crippen LogP contribution in [0.2, 0.25) is 0 Å². The molecule has 7 heteroatoms. The third kappa shape index (κ3) is 3.60. The summed E-state index contributed by atoms with van der Waals surface area (Å²) in [5.41, 5.74) is 2.76. The van der Waals surface area contributed by atoms with Gasteiger partial charge >= 0.3 is 0 Å². The van der Waals surface area contributed by atoms with E-state index in [1.807, 2.05) is 29.3 Å². The minimum Gasteiger partial charge on any atom is -0.383 e. The van der Waals surface area contributed by atoms with Crippen LogP contribution >= 0.6 is 0 Å². The van der Waals surface area contributed by atoms with Gasteiger partial charge in [-0.3, -0.25) is 4.98 Å². The minimum atomic E-state index is 0.571. The predicted octanol–water partition coefficient (Wildman–Crippen LogP) is 3.87. The van der Waals surface area contributed by atoms with Crippen LogP contribution in [0.15, 0.2) is 49.1 Å². The third-order valence-corrected chi connectivity index (χ3v) is 5.86. The highest BCUT2D eigenvalue weighted by Crippen LogP contribution is 2.26. The first-order chi connectivity index (χ1) is 14.3. The number of fused-ring (bicyclic) bond motifs is 2. The molecular weight excluding hydrogens is 362 g/mol. The molecule has 1 aliphatic carbocycles. The number of nitrogens with one attached hydrogen (secondary N) is 1. The fourth-order valence-corrected chi connectivity index (χ4v) is 4.15. The first kappa shape index (κ1) is 17.8. The van der Waals surface area contributed by atoms with Crippen molar-refractivity contribution in [2.24, 2.45) is 0 Å². The molecule has 1 fully saturated rings. The van der Waals surface area contributed by atoms with Gasteiger partial charge in [0.25, 0.3) is 0 Å². The highest BCUT2D eigenvalue weighted by molar-refractivity contribution is 5.84. The highest BCUT2D eigenvalue weighted by Gasteiger charge is 2.21. The molecule has 0 saturated heterocycles. The molecule has 1 aliphatic rings. The van der Waals surface area contributed by atoms with E-state index in [0.717, 1.165) is 41.1 Å². The average Bonchev–Trinajstić information content (AvgIpc) is 3.43. The topological polar surface area (TPSA) is 71.8 Å². The number of hydrogen-bond acceptors (Lipinski definition) is 6. The van der Waals surface area contributed by atoms with Gasteiger partial charge in [0, 0.05) is 43.1 Å². The van der Waals surface area contributed by atoms with Crippen molar-refractivity contribution in [2.45, 2.75) is 38.3 Å². The van der Waals surface area contributed by atoms with Gasteiger partial charge in [0.05, 0.1) is 18.9 Å². The molecule has 0 radical (unpaired) electrons. The van der Waals surface area contributed by atoms with Crippen LogP contribution in [0.3, 0.4) is 0 Å². The fourth-order valence-electron chi connectivity index (χ4n) is 4.15. The van der Waals surface area contributed by atoms with E-state index in [-0.39, 0.29) is 0 Å². The number of rotatable bonds is 6. The molecule has 3 heterocycles. The van der Waals surface area contributed by atoms with Crippen LogP contribution in [-0.2, 0) is 6.54 Å². The van der Waals surface area contributed by atoms with Crippen molar-refractivity contribution >= 4 is 33.4 Å². The minimum absolute atomic E-state index is 0.571. The summed E-state index contributed by atoms with van der Waals surface area (Å²) >= 11 is 0. The van der Waals surface area contributed by atoms with Crippen molar-refractivity contribution in [3.63, 3.8) is 0 Å². The zero-order chi connectivity index (χ0) is 19.6. The van der Waals surface area contributed by atoms with Crippen LogP contribution in [0.4, 0.5) is 11.5 Å². The van der Waals surface area contributed by atoms with Gasteiger partial charge in [-0.15, -0.1) is 0 Å². The second-order valence-electron chi connectivity index (χ2n) is 7.72. The van der Waals surface area contributed by atoms with Crippen molar-refractivity contribution in [1.82, 2.24) is 24.7 Å². The summed E-state index contributed by atoms with van der Waals surface area (Å²) in [6.45, 7) is 1.48.